The van der Waals surface area contributed by atoms with E-state index < -0.39 is 5.82 Å². The van der Waals surface area contributed by atoms with E-state index >= 15 is 0 Å². The van der Waals surface area contributed by atoms with Gasteiger partial charge in [0.1, 0.15) is 11.6 Å². The second-order valence-electron chi connectivity index (χ2n) is 4.56. The molecule has 0 unspecified atom stereocenters. The monoisotopic (exact) mass is 307 g/mol. The normalized spacial score (nSPS) is 11.8. The van der Waals surface area contributed by atoms with Crippen LogP contribution in [0.4, 0.5) is 4.39 Å². The van der Waals surface area contributed by atoms with Gasteiger partial charge in [0.15, 0.2) is 0 Å². The zero-order valence-electron chi connectivity index (χ0n) is 11.7. The third-order valence-electron chi connectivity index (χ3n) is 3.13. The molecule has 0 spiro atoms. The number of benzene rings is 2. The van der Waals surface area contributed by atoms with Crippen molar-refractivity contribution in [3.8, 4) is 5.75 Å². The first-order chi connectivity index (χ1) is 10.0. The van der Waals surface area contributed by atoms with Gasteiger partial charge in [0.05, 0.1) is 23.7 Å². The van der Waals surface area contributed by atoms with E-state index in [4.69, 9.17) is 16.3 Å². The molecule has 0 saturated carbocycles. The van der Waals surface area contributed by atoms with Gasteiger partial charge in [0.2, 0.25) is 0 Å². The number of methoxy groups -OCH3 is 1. The molecule has 2 aromatic rings. The Bertz CT molecular complexity index is 660. The molecule has 1 amide bonds. The zero-order chi connectivity index (χ0) is 15.4. The SMILES string of the molecule is COc1ccccc1[C@H](C)NC(=O)c1ccc(F)cc1Cl. The Labute approximate surface area is 127 Å². The molecule has 3 nitrogen and oxygen atoms in total. The van der Waals surface area contributed by atoms with Crippen LogP contribution in [0.3, 0.4) is 0 Å². The molecule has 2 aromatic carbocycles. The number of halogens is 2. The van der Waals surface area contributed by atoms with Crippen LogP contribution in [0.15, 0.2) is 42.5 Å². The van der Waals surface area contributed by atoms with Crippen LogP contribution in [0.1, 0.15) is 28.9 Å². The quantitative estimate of drug-likeness (QED) is 0.928. The van der Waals surface area contributed by atoms with Crippen molar-refractivity contribution >= 4 is 17.5 Å². The van der Waals surface area contributed by atoms with Crippen molar-refractivity contribution in [3.63, 3.8) is 0 Å². The van der Waals surface area contributed by atoms with Crippen molar-refractivity contribution in [1.82, 2.24) is 5.32 Å². The first-order valence-corrected chi connectivity index (χ1v) is 6.79. The fourth-order valence-corrected chi connectivity index (χ4v) is 2.30. The van der Waals surface area contributed by atoms with Crippen LogP contribution in [0, 0.1) is 5.82 Å². The Hall–Kier alpha value is -2.07. The first kappa shape index (κ1) is 15.3. The molecule has 0 bridgehead atoms. The summed E-state index contributed by atoms with van der Waals surface area (Å²) < 4.78 is 18.3. The number of carbonyl (C=O) groups excluding carboxylic acids is 1. The molecule has 1 N–H and O–H groups in total. The molecule has 0 aliphatic heterocycles. The molecule has 2 rings (SSSR count). The second-order valence-corrected chi connectivity index (χ2v) is 4.97. The summed E-state index contributed by atoms with van der Waals surface area (Å²) in [4.78, 5) is 12.2. The minimum atomic E-state index is -0.477. The Balaban J connectivity index is 2.19. The lowest BCUT2D eigenvalue weighted by atomic mass is 10.1. The Morgan fingerprint density at radius 1 is 1.29 bits per heavy atom. The van der Waals surface area contributed by atoms with E-state index in [0.717, 1.165) is 11.6 Å². The Morgan fingerprint density at radius 3 is 2.67 bits per heavy atom. The van der Waals surface area contributed by atoms with Crippen LogP contribution in [-0.2, 0) is 0 Å². The number of amides is 1. The van der Waals surface area contributed by atoms with Gasteiger partial charge in [-0.05, 0) is 31.2 Å². The van der Waals surface area contributed by atoms with Crippen molar-refractivity contribution in [2.75, 3.05) is 7.11 Å². The third kappa shape index (κ3) is 3.52. The van der Waals surface area contributed by atoms with Crippen LogP contribution in [0.2, 0.25) is 5.02 Å². The van der Waals surface area contributed by atoms with Gasteiger partial charge < -0.3 is 10.1 Å². The van der Waals surface area contributed by atoms with Crippen molar-refractivity contribution in [1.29, 1.82) is 0 Å². The van der Waals surface area contributed by atoms with Crippen molar-refractivity contribution < 1.29 is 13.9 Å². The molecular formula is C16H15ClFNO2. The Kier molecular flexibility index (Phi) is 4.81. The minimum absolute atomic E-state index is 0.0831. The van der Waals surface area contributed by atoms with Crippen LogP contribution in [0.25, 0.3) is 0 Å². The molecular weight excluding hydrogens is 293 g/mol. The van der Waals surface area contributed by atoms with Gasteiger partial charge >= 0.3 is 0 Å². The summed E-state index contributed by atoms with van der Waals surface area (Å²) in [5, 5.41) is 2.90. The maximum Gasteiger partial charge on any atom is 0.253 e. The highest BCUT2D eigenvalue weighted by molar-refractivity contribution is 6.33. The van der Waals surface area contributed by atoms with E-state index in [1.165, 1.54) is 12.1 Å². The number of hydrogen-bond acceptors (Lipinski definition) is 2. The summed E-state index contributed by atoms with van der Waals surface area (Å²) in [6, 6.07) is 10.8. The summed E-state index contributed by atoms with van der Waals surface area (Å²) in [5.74, 6) is -0.150. The number of nitrogens with one attached hydrogen (secondary N) is 1. The number of rotatable bonds is 4. The second kappa shape index (κ2) is 6.59. The van der Waals surface area contributed by atoms with E-state index in [1.54, 1.807) is 7.11 Å². The summed E-state index contributed by atoms with van der Waals surface area (Å²) in [6.45, 7) is 1.84. The minimum Gasteiger partial charge on any atom is -0.496 e. The zero-order valence-corrected chi connectivity index (χ0v) is 12.4. The third-order valence-corrected chi connectivity index (χ3v) is 3.44. The highest BCUT2D eigenvalue weighted by atomic mass is 35.5. The average molecular weight is 308 g/mol. The van der Waals surface area contributed by atoms with Crippen LogP contribution < -0.4 is 10.1 Å². The van der Waals surface area contributed by atoms with Gasteiger partial charge in [-0.15, -0.1) is 0 Å². The van der Waals surface area contributed by atoms with E-state index in [0.29, 0.717) is 5.75 Å². The number of ether oxygens (including phenoxy) is 1. The van der Waals surface area contributed by atoms with Gasteiger partial charge in [-0.25, -0.2) is 4.39 Å². The van der Waals surface area contributed by atoms with Gasteiger partial charge in [-0.1, -0.05) is 29.8 Å². The lowest BCUT2D eigenvalue weighted by Crippen LogP contribution is -2.27. The van der Waals surface area contributed by atoms with Gasteiger partial charge in [0, 0.05) is 5.56 Å². The van der Waals surface area contributed by atoms with Crippen LogP contribution in [-0.4, -0.2) is 13.0 Å². The van der Waals surface area contributed by atoms with E-state index in [1.807, 2.05) is 31.2 Å². The van der Waals surface area contributed by atoms with E-state index in [9.17, 15) is 9.18 Å². The molecule has 21 heavy (non-hydrogen) atoms. The van der Waals surface area contributed by atoms with Crippen molar-refractivity contribution in [2.24, 2.45) is 0 Å². The van der Waals surface area contributed by atoms with E-state index in [2.05, 4.69) is 5.32 Å². The van der Waals surface area contributed by atoms with Gasteiger partial charge in [-0.3, -0.25) is 4.79 Å². The number of hydrogen-bond donors (Lipinski definition) is 1. The first-order valence-electron chi connectivity index (χ1n) is 6.41. The van der Waals surface area contributed by atoms with Crippen LogP contribution in [0.5, 0.6) is 5.75 Å². The molecule has 0 saturated heterocycles. The lowest BCUT2D eigenvalue weighted by Gasteiger charge is -2.17. The topological polar surface area (TPSA) is 38.3 Å². The maximum absolute atomic E-state index is 13.0. The summed E-state index contributed by atoms with van der Waals surface area (Å²) in [7, 11) is 1.57. The lowest BCUT2D eigenvalue weighted by molar-refractivity contribution is 0.0939. The van der Waals surface area contributed by atoms with Crippen molar-refractivity contribution in [3.05, 3.63) is 64.4 Å². The fraction of sp³-hybridized carbons (Fsp3) is 0.188. The molecule has 0 aliphatic rings. The standard InChI is InChI=1S/C16H15ClFNO2/c1-10(12-5-3-4-6-15(12)21-2)19-16(20)13-8-7-11(18)9-14(13)17/h3-10H,1-2H3,(H,19,20)/t10-/m0/s1. The summed E-state index contributed by atoms with van der Waals surface area (Å²) in [5.41, 5.74) is 1.09. The van der Waals surface area contributed by atoms with E-state index in [-0.39, 0.29) is 22.5 Å². The fourth-order valence-electron chi connectivity index (χ4n) is 2.05. The molecule has 110 valence electrons. The molecule has 0 aliphatic carbocycles. The summed E-state index contributed by atoms with van der Waals surface area (Å²) in [6.07, 6.45) is 0. The number of para-hydroxylation sites is 1. The molecule has 5 heteroatoms. The highest BCUT2D eigenvalue weighted by Gasteiger charge is 2.16. The smallest absolute Gasteiger partial charge is 0.253 e. The molecule has 0 radical (unpaired) electrons. The predicted molar refractivity (Wildman–Crippen MR) is 80.3 cm³/mol. The largest absolute Gasteiger partial charge is 0.496 e. The van der Waals surface area contributed by atoms with Crippen molar-refractivity contribution in [2.45, 2.75) is 13.0 Å². The molecule has 1 atom stereocenters. The van der Waals surface area contributed by atoms with Gasteiger partial charge in [0.25, 0.3) is 5.91 Å². The summed E-state index contributed by atoms with van der Waals surface area (Å²) >= 11 is 5.89. The predicted octanol–water partition coefficient (Wildman–Crippen LogP) is 3.98. The van der Waals surface area contributed by atoms with Gasteiger partial charge in [-0.2, -0.15) is 0 Å². The molecule has 0 fully saturated rings. The molecule has 0 aromatic heterocycles. The average Bonchev–Trinajstić information content (AvgIpc) is 2.46. The van der Waals surface area contributed by atoms with Crippen LogP contribution >= 0.6 is 11.6 Å². The molecule has 0 heterocycles. The Morgan fingerprint density at radius 2 is 2.00 bits per heavy atom. The maximum atomic E-state index is 13.0. The highest BCUT2D eigenvalue weighted by Crippen LogP contribution is 2.25. The number of carbonyl (C=O) groups is 1.